The predicted molar refractivity (Wildman–Crippen MR) is 90.0 cm³/mol. The maximum atomic E-state index is 12.1. The van der Waals surface area contributed by atoms with Gasteiger partial charge in [-0.15, -0.1) is 0 Å². The van der Waals surface area contributed by atoms with Crippen LogP contribution in [0.1, 0.15) is 22.8 Å². The summed E-state index contributed by atoms with van der Waals surface area (Å²) in [5.41, 5.74) is 1.15. The van der Waals surface area contributed by atoms with Crippen LogP contribution in [0.4, 0.5) is 0 Å². The van der Waals surface area contributed by atoms with E-state index in [1.165, 1.54) is 32.3 Å². The van der Waals surface area contributed by atoms with Crippen molar-refractivity contribution in [2.24, 2.45) is 0 Å². The molecule has 0 bridgehead atoms. The van der Waals surface area contributed by atoms with Crippen LogP contribution in [0.25, 0.3) is 6.08 Å². The Morgan fingerprint density at radius 3 is 2.50 bits per heavy atom. The molecule has 0 aromatic heterocycles. The molecule has 1 atom stereocenters. The third-order valence-electron chi connectivity index (χ3n) is 3.34. The Balaban J connectivity index is 1.98. The number of ether oxygens (including phenoxy) is 2. The summed E-state index contributed by atoms with van der Waals surface area (Å²) in [4.78, 5) is 24.0. The lowest BCUT2D eigenvalue weighted by Gasteiger charge is -2.10. The summed E-state index contributed by atoms with van der Waals surface area (Å²) >= 11 is 0. The van der Waals surface area contributed by atoms with Gasteiger partial charge in [-0.2, -0.15) is 0 Å². The molecule has 0 amide bonds. The van der Waals surface area contributed by atoms with E-state index in [2.05, 4.69) is 0 Å². The van der Waals surface area contributed by atoms with Gasteiger partial charge >= 0.3 is 5.97 Å². The van der Waals surface area contributed by atoms with Crippen LogP contribution in [0.3, 0.4) is 0 Å². The first-order valence-electron chi connectivity index (χ1n) is 7.36. The number of rotatable bonds is 6. The van der Waals surface area contributed by atoms with Crippen LogP contribution < -0.4 is 4.74 Å². The smallest absolute Gasteiger partial charge is 0.331 e. The minimum atomic E-state index is -0.876. The summed E-state index contributed by atoms with van der Waals surface area (Å²) in [6.45, 7) is 1.53. The second-order valence-corrected chi connectivity index (χ2v) is 5.07. The molecule has 5 nitrogen and oxygen atoms in total. The molecule has 0 aliphatic rings. The Morgan fingerprint density at radius 1 is 1.12 bits per heavy atom. The molecular formula is C19H18O5. The Kier molecular flexibility index (Phi) is 5.73. The van der Waals surface area contributed by atoms with Crippen molar-refractivity contribution in [3.05, 3.63) is 65.7 Å². The Labute approximate surface area is 140 Å². The normalized spacial score (nSPS) is 11.9. The van der Waals surface area contributed by atoms with Crippen LogP contribution in [0, 0.1) is 0 Å². The molecule has 2 aromatic carbocycles. The maximum Gasteiger partial charge on any atom is 0.331 e. The predicted octanol–water partition coefficient (Wildman–Crippen LogP) is 3.23. The van der Waals surface area contributed by atoms with Crippen molar-refractivity contribution in [3.63, 3.8) is 0 Å². The summed E-state index contributed by atoms with van der Waals surface area (Å²) in [7, 11) is 1.44. The molecule has 0 heterocycles. The average molecular weight is 326 g/mol. The summed E-state index contributed by atoms with van der Waals surface area (Å²) in [6.07, 6.45) is 1.86. The number of carbonyl (C=O) groups excluding carboxylic acids is 2. The van der Waals surface area contributed by atoms with Crippen molar-refractivity contribution in [1.82, 2.24) is 0 Å². The number of methoxy groups -OCH3 is 1. The largest absolute Gasteiger partial charge is 0.504 e. The van der Waals surface area contributed by atoms with Gasteiger partial charge in [-0.25, -0.2) is 4.79 Å². The Morgan fingerprint density at radius 2 is 1.83 bits per heavy atom. The summed E-state index contributed by atoms with van der Waals surface area (Å²) in [6, 6.07) is 13.3. The number of Topliss-reactive ketones (excluding diaryl/α,β-unsaturated/α-hetero) is 1. The van der Waals surface area contributed by atoms with Crippen molar-refractivity contribution in [1.29, 1.82) is 0 Å². The van der Waals surface area contributed by atoms with E-state index in [-0.39, 0.29) is 11.5 Å². The molecule has 0 radical (unpaired) electrons. The van der Waals surface area contributed by atoms with Gasteiger partial charge in [-0.1, -0.05) is 36.4 Å². The molecule has 124 valence electrons. The van der Waals surface area contributed by atoms with E-state index in [9.17, 15) is 14.7 Å². The Hall–Kier alpha value is -3.08. The molecule has 24 heavy (non-hydrogen) atoms. The first-order chi connectivity index (χ1) is 11.5. The van der Waals surface area contributed by atoms with E-state index >= 15 is 0 Å². The lowest BCUT2D eigenvalue weighted by molar-refractivity contribution is -0.140. The number of phenolic OH excluding ortho intramolecular Hbond substituents is 1. The molecule has 0 fully saturated rings. The number of carbonyl (C=O) groups is 2. The minimum absolute atomic E-state index is 0.0132. The second kappa shape index (κ2) is 7.97. The van der Waals surface area contributed by atoms with Crippen molar-refractivity contribution in [3.8, 4) is 11.5 Å². The fraction of sp³-hybridized carbons (Fsp3) is 0.158. The molecule has 2 aromatic rings. The first kappa shape index (κ1) is 17.3. The fourth-order valence-corrected chi connectivity index (χ4v) is 2.07. The van der Waals surface area contributed by atoms with Crippen molar-refractivity contribution in [2.45, 2.75) is 13.0 Å². The number of aromatic hydroxyl groups is 1. The lowest BCUT2D eigenvalue weighted by Crippen LogP contribution is -2.23. The van der Waals surface area contributed by atoms with Gasteiger partial charge in [0, 0.05) is 11.6 Å². The third kappa shape index (κ3) is 4.46. The van der Waals surface area contributed by atoms with E-state index < -0.39 is 12.1 Å². The zero-order valence-corrected chi connectivity index (χ0v) is 13.4. The van der Waals surface area contributed by atoms with E-state index in [1.54, 1.807) is 36.4 Å². The highest BCUT2D eigenvalue weighted by atomic mass is 16.5. The van der Waals surface area contributed by atoms with E-state index in [4.69, 9.17) is 9.47 Å². The number of hydrogen-bond acceptors (Lipinski definition) is 5. The molecule has 0 saturated heterocycles. The highest BCUT2D eigenvalue weighted by Gasteiger charge is 2.18. The molecule has 5 heteroatoms. The minimum Gasteiger partial charge on any atom is -0.504 e. The SMILES string of the molecule is COc1cc(/C=C/C(=O)O[C@H](C)C(=O)c2ccccc2)ccc1O. The number of esters is 1. The van der Waals surface area contributed by atoms with Gasteiger partial charge in [0.2, 0.25) is 5.78 Å². The second-order valence-electron chi connectivity index (χ2n) is 5.07. The molecule has 1 N–H and O–H groups in total. The van der Waals surface area contributed by atoms with E-state index in [0.29, 0.717) is 16.9 Å². The molecule has 0 spiro atoms. The van der Waals surface area contributed by atoms with Crippen LogP contribution in [-0.4, -0.2) is 30.1 Å². The third-order valence-corrected chi connectivity index (χ3v) is 3.34. The summed E-state index contributed by atoms with van der Waals surface area (Å²) < 4.78 is 10.1. The van der Waals surface area contributed by atoms with Crippen LogP contribution in [0.15, 0.2) is 54.6 Å². The maximum absolute atomic E-state index is 12.1. The Bertz CT molecular complexity index is 750. The quantitative estimate of drug-likeness (QED) is 0.501. The average Bonchev–Trinajstić information content (AvgIpc) is 2.61. The van der Waals surface area contributed by atoms with Crippen molar-refractivity contribution >= 4 is 17.8 Å². The molecular weight excluding hydrogens is 308 g/mol. The molecule has 2 rings (SSSR count). The lowest BCUT2D eigenvalue weighted by atomic mass is 10.1. The van der Waals surface area contributed by atoms with Crippen molar-refractivity contribution in [2.75, 3.05) is 7.11 Å². The topological polar surface area (TPSA) is 72.8 Å². The number of hydrogen-bond donors (Lipinski definition) is 1. The summed E-state index contributed by atoms with van der Waals surface area (Å²) in [5.74, 6) is -0.570. The van der Waals surface area contributed by atoms with Gasteiger partial charge in [0.15, 0.2) is 17.6 Å². The standard InChI is InChI=1S/C19H18O5/c1-13(19(22)15-6-4-3-5-7-15)24-18(21)11-9-14-8-10-16(20)17(12-14)23-2/h3-13,20H,1-2H3/b11-9+/t13-/m1/s1. The van der Waals surface area contributed by atoms with Crippen LogP contribution in [0.2, 0.25) is 0 Å². The van der Waals surface area contributed by atoms with Gasteiger partial charge in [0.1, 0.15) is 0 Å². The zero-order chi connectivity index (χ0) is 17.5. The van der Waals surface area contributed by atoms with Crippen LogP contribution in [0.5, 0.6) is 11.5 Å². The van der Waals surface area contributed by atoms with Gasteiger partial charge in [-0.05, 0) is 30.7 Å². The molecule has 0 saturated carbocycles. The molecule has 0 unspecified atom stereocenters. The van der Waals surface area contributed by atoms with Gasteiger partial charge in [-0.3, -0.25) is 4.79 Å². The number of ketones is 1. The number of phenols is 1. The van der Waals surface area contributed by atoms with Gasteiger partial charge < -0.3 is 14.6 Å². The van der Waals surface area contributed by atoms with Gasteiger partial charge in [0.25, 0.3) is 0 Å². The molecule has 0 aliphatic heterocycles. The first-order valence-corrected chi connectivity index (χ1v) is 7.36. The van der Waals surface area contributed by atoms with Crippen molar-refractivity contribution < 1.29 is 24.2 Å². The van der Waals surface area contributed by atoms with Crippen LogP contribution in [-0.2, 0) is 9.53 Å². The monoisotopic (exact) mass is 326 g/mol. The zero-order valence-electron chi connectivity index (χ0n) is 13.4. The highest BCUT2D eigenvalue weighted by molar-refractivity contribution is 6.01. The van der Waals surface area contributed by atoms with Gasteiger partial charge in [0.05, 0.1) is 7.11 Å². The van der Waals surface area contributed by atoms with Crippen LogP contribution >= 0.6 is 0 Å². The van der Waals surface area contributed by atoms with E-state index in [0.717, 1.165) is 0 Å². The van der Waals surface area contributed by atoms with E-state index in [1.807, 2.05) is 6.07 Å². The summed E-state index contributed by atoms with van der Waals surface area (Å²) in [5, 5.41) is 9.52. The fourth-order valence-electron chi connectivity index (χ4n) is 2.07. The highest BCUT2D eigenvalue weighted by Crippen LogP contribution is 2.26. The number of benzene rings is 2. The molecule has 0 aliphatic carbocycles.